The van der Waals surface area contributed by atoms with Gasteiger partial charge in [-0.1, -0.05) is 54.9 Å². The molecule has 0 spiro atoms. The summed E-state index contributed by atoms with van der Waals surface area (Å²) in [6, 6.07) is 14.4. The van der Waals surface area contributed by atoms with E-state index in [0.717, 1.165) is 35.4 Å². The third kappa shape index (κ3) is 9.09. The Hall–Kier alpha value is -3.15. The van der Waals surface area contributed by atoms with Gasteiger partial charge in [-0.2, -0.15) is 0 Å². The molecule has 0 saturated heterocycles. The minimum absolute atomic E-state index is 0.150. The quantitative estimate of drug-likeness (QED) is 0.100. The molecular formula is C36H44Cl2F2N5O2S+. The van der Waals surface area contributed by atoms with Gasteiger partial charge in [0.05, 0.1) is 51.2 Å². The fraction of sp³-hybridized carbons (Fsp3) is 0.389. The number of amides is 1. The molecule has 12 heteroatoms. The number of halogens is 4. The molecule has 1 N–H and O–H groups in total. The van der Waals surface area contributed by atoms with Crippen molar-refractivity contribution in [1.82, 2.24) is 19.8 Å². The molecule has 0 fully saturated rings. The molecule has 0 saturated carbocycles. The predicted molar refractivity (Wildman–Crippen MR) is 192 cm³/mol. The standard InChI is InChI=1S/C36H43Cl2F2N5O2S/c1-8-45(5,6)18-17-43(4)16-15-41-34(46)24-19-30(38)28(31(40)20-24)23-48-35-42-22-33(44(35)27-12-10-26(39)11-13-27)36(2,3)25-9-14-29(37)32(21-25)47-7/h9-14,19-22H,8,15-18,23H2,1-7H3/p+1. The molecule has 3 aromatic carbocycles. The summed E-state index contributed by atoms with van der Waals surface area (Å²) in [4.78, 5) is 19.7. The normalized spacial score (nSPS) is 12.1. The van der Waals surface area contributed by atoms with E-state index in [1.807, 2.05) is 37.6 Å². The number of carbonyl (C=O) groups is 1. The summed E-state index contributed by atoms with van der Waals surface area (Å²) in [6.07, 6.45) is 1.76. The molecule has 7 nitrogen and oxygen atoms in total. The van der Waals surface area contributed by atoms with E-state index in [1.54, 1.807) is 31.5 Å². The lowest BCUT2D eigenvalue weighted by atomic mass is 9.81. The number of quaternary nitrogens is 1. The van der Waals surface area contributed by atoms with E-state index in [0.29, 0.717) is 34.7 Å². The topological polar surface area (TPSA) is 59.4 Å². The maximum Gasteiger partial charge on any atom is 0.251 e. The average molecular weight is 720 g/mol. The van der Waals surface area contributed by atoms with E-state index in [4.69, 9.17) is 32.9 Å². The number of imidazole rings is 1. The van der Waals surface area contributed by atoms with Crippen LogP contribution >= 0.6 is 35.0 Å². The van der Waals surface area contributed by atoms with E-state index in [9.17, 15) is 9.18 Å². The largest absolute Gasteiger partial charge is 0.495 e. The van der Waals surface area contributed by atoms with E-state index in [1.165, 1.54) is 36.0 Å². The van der Waals surface area contributed by atoms with Crippen LogP contribution in [0, 0.1) is 11.6 Å². The highest BCUT2D eigenvalue weighted by Crippen LogP contribution is 2.39. The van der Waals surface area contributed by atoms with Crippen molar-refractivity contribution in [1.29, 1.82) is 0 Å². The molecule has 0 radical (unpaired) electrons. The fourth-order valence-electron chi connectivity index (χ4n) is 5.10. The molecule has 4 rings (SSSR count). The lowest BCUT2D eigenvalue weighted by Gasteiger charge is -2.30. The fourth-order valence-corrected chi connectivity index (χ4v) is 6.67. The molecule has 0 aliphatic carbocycles. The first-order valence-corrected chi connectivity index (χ1v) is 17.5. The maximum absolute atomic E-state index is 15.5. The van der Waals surface area contributed by atoms with Gasteiger partial charge in [0.2, 0.25) is 0 Å². The number of likely N-dealkylation sites (N-methyl/N-ethyl adjacent to an activating group) is 2. The van der Waals surface area contributed by atoms with Crippen molar-refractivity contribution in [3.63, 3.8) is 0 Å². The van der Waals surface area contributed by atoms with E-state index in [-0.39, 0.29) is 33.6 Å². The Morgan fingerprint density at radius 3 is 2.42 bits per heavy atom. The molecule has 1 amide bonds. The second kappa shape index (κ2) is 16.0. The van der Waals surface area contributed by atoms with Gasteiger partial charge < -0.3 is 14.5 Å². The first kappa shape index (κ1) is 37.7. The van der Waals surface area contributed by atoms with Crippen molar-refractivity contribution in [3.05, 3.63) is 105 Å². The molecular weight excluding hydrogens is 675 g/mol. The van der Waals surface area contributed by atoms with Crippen molar-refractivity contribution in [2.45, 2.75) is 37.1 Å². The van der Waals surface area contributed by atoms with Crippen LogP contribution in [0.4, 0.5) is 8.78 Å². The number of methoxy groups -OCH3 is 1. The number of ether oxygens (including phenoxy) is 1. The highest BCUT2D eigenvalue weighted by Gasteiger charge is 2.30. The average Bonchev–Trinajstić information content (AvgIpc) is 3.48. The van der Waals surface area contributed by atoms with Crippen LogP contribution in [0.3, 0.4) is 0 Å². The summed E-state index contributed by atoms with van der Waals surface area (Å²) in [5.74, 6) is -0.630. The summed E-state index contributed by atoms with van der Waals surface area (Å²) in [6.45, 7) is 10.3. The summed E-state index contributed by atoms with van der Waals surface area (Å²) in [7, 11) is 7.96. The zero-order valence-corrected chi connectivity index (χ0v) is 30.9. The summed E-state index contributed by atoms with van der Waals surface area (Å²) >= 11 is 14.2. The maximum atomic E-state index is 15.5. The first-order valence-electron chi connectivity index (χ1n) is 15.7. The Bertz CT molecular complexity index is 1710. The van der Waals surface area contributed by atoms with Crippen LogP contribution in [0.25, 0.3) is 5.69 Å². The molecule has 48 heavy (non-hydrogen) atoms. The van der Waals surface area contributed by atoms with Gasteiger partial charge in [0, 0.05) is 52.6 Å². The number of rotatable bonds is 15. The van der Waals surface area contributed by atoms with Crippen molar-refractivity contribution >= 4 is 40.9 Å². The van der Waals surface area contributed by atoms with Crippen molar-refractivity contribution in [3.8, 4) is 11.4 Å². The Morgan fingerprint density at radius 1 is 1.06 bits per heavy atom. The number of benzene rings is 3. The molecule has 4 aromatic rings. The number of hydrogen-bond donors (Lipinski definition) is 1. The van der Waals surface area contributed by atoms with Crippen LogP contribution < -0.4 is 10.1 Å². The minimum atomic E-state index is -0.587. The second-order valence-corrected chi connectivity index (χ2v) is 14.7. The highest BCUT2D eigenvalue weighted by molar-refractivity contribution is 7.98. The van der Waals surface area contributed by atoms with E-state index >= 15 is 4.39 Å². The third-order valence-corrected chi connectivity index (χ3v) is 10.4. The number of carbonyl (C=O) groups excluding carboxylic acids is 1. The Kier molecular flexibility index (Phi) is 12.6. The van der Waals surface area contributed by atoms with E-state index < -0.39 is 11.2 Å². The van der Waals surface area contributed by atoms with Gasteiger partial charge in [-0.15, -0.1) is 0 Å². The van der Waals surface area contributed by atoms with Crippen LogP contribution in [0.15, 0.2) is 66.0 Å². The minimum Gasteiger partial charge on any atom is -0.495 e. The monoisotopic (exact) mass is 718 g/mol. The molecule has 0 aliphatic heterocycles. The van der Waals surface area contributed by atoms with Crippen LogP contribution in [0.5, 0.6) is 5.75 Å². The van der Waals surface area contributed by atoms with Crippen LogP contribution in [-0.4, -0.2) is 85.8 Å². The van der Waals surface area contributed by atoms with Crippen LogP contribution in [0.2, 0.25) is 10.0 Å². The van der Waals surface area contributed by atoms with Gasteiger partial charge in [-0.25, -0.2) is 13.8 Å². The van der Waals surface area contributed by atoms with Gasteiger partial charge >= 0.3 is 0 Å². The third-order valence-electron chi connectivity index (χ3n) is 8.80. The predicted octanol–water partition coefficient (Wildman–Crippen LogP) is 7.84. The Labute approximate surface area is 296 Å². The summed E-state index contributed by atoms with van der Waals surface area (Å²) in [5, 5.41) is 4.08. The van der Waals surface area contributed by atoms with Gasteiger partial charge in [-0.05, 0) is 68.1 Å². The van der Waals surface area contributed by atoms with Gasteiger partial charge in [0.1, 0.15) is 17.4 Å². The van der Waals surface area contributed by atoms with Crippen LogP contribution in [0.1, 0.15) is 48.0 Å². The van der Waals surface area contributed by atoms with Crippen LogP contribution in [-0.2, 0) is 11.2 Å². The van der Waals surface area contributed by atoms with Crippen molar-refractivity contribution in [2.24, 2.45) is 0 Å². The number of nitrogens with zero attached hydrogens (tertiary/aromatic N) is 4. The molecule has 258 valence electrons. The zero-order valence-electron chi connectivity index (χ0n) is 28.5. The number of nitrogens with one attached hydrogen (secondary N) is 1. The number of hydrogen-bond acceptors (Lipinski definition) is 5. The number of thioether (sulfide) groups is 1. The lowest BCUT2D eigenvalue weighted by Crippen LogP contribution is -2.45. The molecule has 1 aromatic heterocycles. The second-order valence-electron chi connectivity index (χ2n) is 13.0. The highest BCUT2D eigenvalue weighted by atomic mass is 35.5. The molecule has 0 atom stereocenters. The Balaban J connectivity index is 1.52. The smallest absolute Gasteiger partial charge is 0.251 e. The molecule has 0 unspecified atom stereocenters. The number of aromatic nitrogens is 2. The lowest BCUT2D eigenvalue weighted by molar-refractivity contribution is -0.888. The van der Waals surface area contributed by atoms with Gasteiger partial charge in [-0.3, -0.25) is 14.3 Å². The van der Waals surface area contributed by atoms with Crippen molar-refractivity contribution < 1.29 is 22.8 Å². The summed E-state index contributed by atoms with van der Waals surface area (Å²) < 4.78 is 37.7. The van der Waals surface area contributed by atoms with E-state index in [2.05, 4.69) is 31.2 Å². The van der Waals surface area contributed by atoms with Crippen molar-refractivity contribution in [2.75, 3.05) is 61.0 Å². The SMILES string of the molecule is CC[N+](C)(C)CCN(C)CCNC(=O)c1cc(F)c(CSc2ncc(C(C)(C)c3ccc(Cl)c(OC)c3)n2-c2ccc(F)cc2)c(Cl)c1. The molecule has 0 aliphatic rings. The first-order chi connectivity index (χ1) is 22.7. The zero-order chi connectivity index (χ0) is 35.2. The molecule has 0 bridgehead atoms. The van der Waals surface area contributed by atoms with Gasteiger partial charge in [0.25, 0.3) is 5.91 Å². The Morgan fingerprint density at radius 2 is 1.77 bits per heavy atom. The molecule has 1 heterocycles. The van der Waals surface area contributed by atoms with Gasteiger partial charge in [0.15, 0.2) is 5.16 Å². The summed E-state index contributed by atoms with van der Waals surface area (Å²) in [5.41, 5.74) is 2.27.